The van der Waals surface area contributed by atoms with E-state index in [2.05, 4.69) is 14.5 Å². The first-order chi connectivity index (χ1) is 9.19. The number of nitrogens with zero attached hydrogens (tertiary/aromatic N) is 1. The van der Waals surface area contributed by atoms with E-state index in [9.17, 15) is 26.7 Å². The summed E-state index contributed by atoms with van der Waals surface area (Å²) in [7, 11) is 0.892. The van der Waals surface area contributed by atoms with Gasteiger partial charge in [-0.1, -0.05) is 0 Å². The van der Waals surface area contributed by atoms with Gasteiger partial charge in [0.15, 0.2) is 0 Å². The summed E-state index contributed by atoms with van der Waals surface area (Å²) in [6.07, 6.45) is -8.66. The smallest absolute Gasteiger partial charge is 0.465 e. The van der Waals surface area contributed by atoms with Crippen LogP contribution in [-0.2, 0) is 10.6 Å². The zero-order valence-electron chi connectivity index (χ0n) is 9.80. The summed E-state index contributed by atoms with van der Waals surface area (Å²) in [5.74, 6) is -3.08. The molecule has 0 bridgehead atoms. The molecule has 1 aromatic heterocycles. The number of pyridine rings is 1. The van der Waals surface area contributed by atoms with E-state index >= 15 is 0 Å². The maximum absolute atomic E-state index is 12.9. The van der Waals surface area contributed by atoms with Gasteiger partial charge < -0.3 is 9.47 Å². The molecule has 0 aromatic carbocycles. The van der Waals surface area contributed by atoms with Crippen molar-refractivity contribution in [2.45, 2.75) is 18.7 Å². The maximum atomic E-state index is 12.9. The summed E-state index contributed by atoms with van der Waals surface area (Å²) in [6.45, 7) is 0. The molecule has 1 aromatic rings. The monoisotopic (exact) mass is 319 g/mol. The molecule has 0 amide bonds. The van der Waals surface area contributed by atoms with Crippen molar-refractivity contribution in [1.82, 2.24) is 4.98 Å². The van der Waals surface area contributed by atoms with Crippen LogP contribution in [0.25, 0.3) is 0 Å². The molecule has 0 radical (unpaired) electrons. The van der Waals surface area contributed by atoms with E-state index in [0.717, 1.165) is 13.2 Å². The Morgan fingerprint density at radius 1 is 1.45 bits per heavy atom. The fourth-order valence-electron chi connectivity index (χ4n) is 1.33. The molecule has 0 fully saturated rings. The number of methoxy groups -OCH3 is 1. The van der Waals surface area contributed by atoms with Gasteiger partial charge in [0.05, 0.1) is 29.8 Å². The summed E-state index contributed by atoms with van der Waals surface area (Å²) in [4.78, 5) is 14.6. The molecule has 10 heteroatoms. The molecule has 0 aliphatic carbocycles. The molecule has 20 heavy (non-hydrogen) atoms. The SMILES string of the molecule is COC(=O)c1cc(CCl)nc(OC(F)(F)F)c1C(F)F. The number of esters is 1. The van der Waals surface area contributed by atoms with E-state index in [1.54, 1.807) is 0 Å². The van der Waals surface area contributed by atoms with Gasteiger partial charge in [-0.2, -0.15) is 0 Å². The molecule has 1 heterocycles. The predicted octanol–water partition coefficient (Wildman–Crippen LogP) is 3.44. The van der Waals surface area contributed by atoms with Gasteiger partial charge in [0.2, 0.25) is 5.88 Å². The lowest BCUT2D eigenvalue weighted by Gasteiger charge is -2.15. The van der Waals surface area contributed by atoms with Gasteiger partial charge in [0.1, 0.15) is 0 Å². The molecule has 0 aliphatic rings. The average Bonchev–Trinajstić information content (AvgIpc) is 2.34. The average molecular weight is 320 g/mol. The zero-order valence-corrected chi connectivity index (χ0v) is 10.6. The van der Waals surface area contributed by atoms with Crippen molar-refractivity contribution in [3.63, 3.8) is 0 Å². The summed E-state index contributed by atoms with van der Waals surface area (Å²) >= 11 is 5.38. The highest BCUT2D eigenvalue weighted by Gasteiger charge is 2.36. The molecule has 0 spiro atoms. The third kappa shape index (κ3) is 3.92. The number of carbonyl (C=O) groups is 1. The Kier molecular flexibility index (Phi) is 5.09. The van der Waals surface area contributed by atoms with Crippen LogP contribution >= 0.6 is 11.6 Å². The van der Waals surface area contributed by atoms with E-state index in [0.29, 0.717) is 0 Å². The molecule has 1 rings (SSSR count). The van der Waals surface area contributed by atoms with Crippen molar-refractivity contribution in [1.29, 1.82) is 0 Å². The molecule has 0 N–H and O–H groups in total. The number of halogens is 6. The summed E-state index contributed by atoms with van der Waals surface area (Å²) < 4.78 is 69.9. The fourth-order valence-corrected chi connectivity index (χ4v) is 1.47. The van der Waals surface area contributed by atoms with E-state index in [-0.39, 0.29) is 5.69 Å². The normalized spacial score (nSPS) is 11.6. The largest absolute Gasteiger partial charge is 0.574 e. The highest BCUT2D eigenvalue weighted by Crippen LogP contribution is 2.35. The molecular weight excluding hydrogens is 313 g/mol. The van der Waals surface area contributed by atoms with Gasteiger partial charge in [-0.05, 0) is 6.07 Å². The number of hydrogen-bond donors (Lipinski definition) is 0. The Balaban J connectivity index is 3.50. The molecule has 0 atom stereocenters. The van der Waals surface area contributed by atoms with Gasteiger partial charge in [-0.15, -0.1) is 24.8 Å². The van der Waals surface area contributed by atoms with E-state index in [4.69, 9.17) is 11.6 Å². The quantitative estimate of drug-likeness (QED) is 0.484. The second kappa shape index (κ2) is 6.21. The first-order valence-corrected chi connectivity index (χ1v) is 5.45. The van der Waals surface area contributed by atoms with Crippen LogP contribution in [0.2, 0.25) is 0 Å². The predicted molar refractivity (Wildman–Crippen MR) is 56.8 cm³/mol. The first kappa shape index (κ1) is 16.4. The van der Waals surface area contributed by atoms with Gasteiger partial charge >= 0.3 is 12.3 Å². The lowest BCUT2D eigenvalue weighted by molar-refractivity contribution is -0.276. The number of hydrogen-bond acceptors (Lipinski definition) is 4. The fraction of sp³-hybridized carbons (Fsp3) is 0.400. The van der Waals surface area contributed by atoms with Crippen molar-refractivity contribution >= 4 is 17.6 Å². The van der Waals surface area contributed by atoms with Gasteiger partial charge in [-0.3, -0.25) is 0 Å². The van der Waals surface area contributed by atoms with Crippen LogP contribution in [0.3, 0.4) is 0 Å². The topological polar surface area (TPSA) is 48.4 Å². The third-order valence-corrected chi connectivity index (χ3v) is 2.32. The van der Waals surface area contributed by atoms with Gasteiger partial charge in [0.25, 0.3) is 6.43 Å². The van der Waals surface area contributed by atoms with Crippen LogP contribution in [0.5, 0.6) is 5.88 Å². The van der Waals surface area contributed by atoms with Crippen molar-refractivity contribution in [2.24, 2.45) is 0 Å². The summed E-state index contributed by atoms with van der Waals surface area (Å²) in [5.41, 5.74) is -2.33. The second-order valence-corrected chi connectivity index (χ2v) is 3.62. The van der Waals surface area contributed by atoms with Crippen LogP contribution in [0, 0.1) is 0 Å². The highest BCUT2D eigenvalue weighted by atomic mass is 35.5. The van der Waals surface area contributed by atoms with Gasteiger partial charge in [-0.25, -0.2) is 18.6 Å². The van der Waals surface area contributed by atoms with Crippen LogP contribution in [0.15, 0.2) is 6.07 Å². The molecular formula is C10H7ClF5NO3. The Labute approximate surface area is 114 Å². The highest BCUT2D eigenvalue weighted by molar-refractivity contribution is 6.17. The second-order valence-electron chi connectivity index (χ2n) is 3.35. The Morgan fingerprint density at radius 2 is 2.05 bits per heavy atom. The van der Waals surface area contributed by atoms with Crippen LogP contribution in [-0.4, -0.2) is 24.4 Å². The lowest BCUT2D eigenvalue weighted by Crippen LogP contribution is -2.21. The number of carbonyl (C=O) groups excluding carboxylic acids is 1. The Hall–Kier alpha value is -1.64. The number of rotatable bonds is 4. The summed E-state index contributed by atoms with van der Waals surface area (Å²) in [6, 6.07) is 0.823. The van der Waals surface area contributed by atoms with Crippen LogP contribution in [0.1, 0.15) is 28.0 Å². The van der Waals surface area contributed by atoms with Crippen molar-refractivity contribution in [3.8, 4) is 5.88 Å². The van der Waals surface area contributed by atoms with Crippen LogP contribution in [0.4, 0.5) is 22.0 Å². The van der Waals surface area contributed by atoms with Crippen molar-refractivity contribution < 1.29 is 36.2 Å². The molecule has 0 saturated heterocycles. The molecule has 4 nitrogen and oxygen atoms in total. The number of ether oxygens (including phenoxy) is 2. The third-order valence-electron chi connectivity index (χ3n) is 2.05. The zero-order chi connectivity index (χ0) is 15.5. The Morgan fingerprint density at radius 3 is 2.45 bits per heavy atom. The number of aromatic nitrogens is 1. The molecule has 0 saturated carbocycles. The van der Waals surface area contributed by atoms with E-state index < -0.39 is 41.6 Å². The molecule has 0 aliphatic heterocycles. The first-order valence-electron chi connectivity index (χ1n) is 4.91. The minimum atomic E-state index is -5.24. The molecule has 0 unspecified atom stereocenters. The number of alkyl halides is 6. The molecule has 112 valence electrons. The van der Waals surface area contributed by atoms with Gasteiger partial charge in [0, 0.05) is 0 Å². The van der Waals surface area contributed by atoms with Crippen molar-refractivity contribution in [2.75, 3.05) is 7.11 Å². The maximum Gasteiger partial charge on any atom is 0.574 e. The minimum absolute atomic E-state index is 0.240. The van der Waals surface area contributed by atoms with Crippen molar-refractivity contribution in [3.05, 3.63) is 22.9 Å². The lowest BCUT2D eigenvalue weighted by atomic mass is 10.1. The van der Waals surface area contributed by atoms with E-state index in [1.165, 1.54) is 0 Å². The van der Waals surface area contributed by atoms with Crippen LogP contribution < -0.4 is 4.74 Å². The minimum Gasteiger partial charge on any atom is -0.465 e. The summed E-state index contributed by atoms with van der Waals surface area (Å²) in [5, 5.41) is 0. The van der Waals surface area contributed by atoms with E-state index in [1.807, 2.05) is 0 Å². The Bertz CT molecular complexity index is 506. The standard InChI is InChI=1S/C10H7ClF5NO3/c1-19-9(18)5-2-4(3-11)17-8(6(5)7(12)13)20-10(14,15)16/h2,7H,3H2,1H3.